The molecule has 0 bridgehead atoms. The van der Waals surface area contributed by atoms with Crippen LogP contribution in [0.2, 0.25) is 0 Å². The molecular formula is C26H36N6O. The molecule has 3 aliphatic heterocycles. The number of benzene rings is 1. The lowest BCUT2D eigenvalue weighted by Crippen LogP contribution is -2.42. The molecule has 33 heavy (non-hydrogen) atoms. The first-order chi connectivity index (χ1) is 16.1. The highest BCUT2D eigenvalue weighted by atomic mass is 16.2. The van der Waals surface area contributed by atoms with E-state index in [0.29, 0.717) is 13.1 Å². The normalized spacial score (nSPS) is 20.0. The minimum atomic E-state index is -0.0563. The largest absolute Gasteiger partial charge is 0.356 e. The van der Waals surface area contributed by atoms with Gasteiger partial charge in [0.25, 0.3) is 0 Å². The van der Waals surface area contributed by atoms with Crippen molar-refractivity contribution in [1.29, 1.82) is 0 Å². The maximum absolute atomic E-state index is 13.0. The Morgan fingerprint density at radius 2 is 1.52 bits per heavy atom. The SMILES string of the molecule is CC1CCN(c2nc3c(c(N4CCC(C)CC4)n2)CN(C(=O)Nc2ccccc2)CC3)CC1. The van der Waals surface area contributed by atoms with Gasteiger partial charge in [0.1, 0.15) is 5.82 Å². The van der Waals surface area contributed by atoms with E-state index in [1.807, 2.05) is 35.2 Å². The van der Waals surface area contributed by atoms with Crippen LogP contribution in [0.25, 0.3) is 0 Å². The van der Waals surface area contributed by atoms with E-state index in [0.717, 1.165) is 73.1 Å². The fourth-order valence-corrected chi connectivity index (χ4v) is 5.11. The number of urea groups is 1. The predicted molar refractivity (Wildman–Crippen MR) is 133 cm³/mol. The molecule has 0 atom stereocenters. The average molecular weight is 449 g/mol. The van der Waals surface area contributed by atoms with Gasteiger partial charge in [-0.3, -0.25) is 0 Å². The zero-order valence-electron chi connectivity index (χ0n) is 20.0. The number of carbonyl (C=O) groups is 1. The second-order valence-electron chi connectivity index (χ2n) is 10.1. The van der Waals surface area contributed by atoms with Crippen molar-refractivity contribution in [3.63, 3.8) is 0 Å². The smallest absolute Gasteiger partial charge is 0.322 e. The highest BCUT2D eigenvalue weighted by molar-refractivity contribution is 5.89. The molecule has 2 aromatic rings. The number of rotatable bonds is 3. The van der Waals surface area contributed by atoms with Gasteiger partial charge in [-0.15, -0.1) is 0 Å². The third-order valence-electron chi connectivity index (χ3n) is 7.49. The van der Waals surface area contributed by atoms with E-state index in [1.54, 1.807) is 0 Å². The molecule has 5 rings (SSSR count). The lowest BCUT2D eigenvalue weighted by atomic mass is 9.98. The molecule has 0 saturated carbocycles. The summed E-state index contributed by atoms with van der Waals surface area (Å²) in [7, 11) is 0. The standard InChI is InChI=1S/C26H36N6O/c1-19-8-13-30(14-9-19)24-22-18-32(26(33)27-21-6-4-3-5-7-21)17-12-23(22)28-25(29-24)31-15-10-20(2)11-16-31/h3-7,19-20H,8-18H2,1-2H3,(H,27,33). The zero-order valence-corrected chi connectivity index (χ0v) is 20.0. The van der Waals surface area contributed by atoms with E-state index >= 15 is 0 Å². The summed E-state index contributed by atoms with van der Waals surface area (Å²) in [5.41, 5.74) is 3.08. The second-order valence-corrected chi connectivity index (χ2v) is 10.1. The van der Waals surface area contributed by atoms with Crippen LogP contribution in [0.5, 0.6) is 0 Å². The van der Waals surface area contributed by atoms with Gasteiger partial charge in [-0.2, -0.15) is 4.98 Å². The van der Waals surface area contributed by atoms with Gasteiger partial charge in [0.2, 0.25) is 5.95 Å². The fraction of sp³-hybridized carbons (Fsp3) is 0.577. The van der Waals surface area contributed by atoms with Crippen molar-refractivity contribution in [2.45, 2.75) is 52.5 Å². The van der Waals surface area contributed by atoms with Crippen LogP contribution in [0.15, 0.2) is 30.3 Å². The molecule has 176 valence electrons. The van der Waals surface area contributed by atoms with E-state index in [9.17, 15) is 4.79 Å². The van der Waals surface area contributed by atoms with Crippen LogP contribution < -0.4 is 15.1 Å². The van der Waals surface area contributed by atoms with Gasteiger partial charge in [-0.25, -0.2) is 9.78 Å². The minimum absolute atomic E-state index is 0.0563. The Hall–Kier alpha value is -2.83. The third-order valence-corrected chi connectivity index (χ3v) is 7.49. The van der Waals surface area contributed by atoms with Crippen LogP contribution >= 0.6 is 0 Å². The Labute approximate surface area is 197 Å². The molecule has 7 heteroatoms. The van der Waals surface area contributed by atoms with Crippen molar-refractivity contribution < 1.29 is 4.79 Å². The quantitative estimate of drug-likeness (QED) is 0.747. The molecule has 2 fully saturated rings. The van der Waals surface area contributed by atoms with Crippen LogP contribution in [0, 0.1) is 11.8 Å². The Morgan fingerprint density at radius 3 is 2.18 bits per heavy atom. The summed E-state index contributed by atoms with van der Waals surface area (Å²) < 4.78 is 0. The van der Waals surface area contributed by atoms with Crippen LogP contribution in [-0.2, 0) is 13.0 Å². The molecule has 7 nitrogen and oxygen atoms in total. The Balaban J connectivity index is 1.41. The fourth-order valence-electron chi connectivity index (χ4n) is 5.11. The van der Waals surface area contributed by atoms with Gasteiger partial charge < -0.3 is 20.0 Å². The monoisotopic (exact) mass is 448 g/mol. The Bertz CT molecular complexity index is 964. The molecule has 3 aliphatic rings. The van der Waals surface area contributed by atoms with Gasteiger partial charge in [0.05, 0.1) is 12.2 Å². The summed E-state index contributed by atoms with van der Waals surface area (Å²) in [5, 5.41) is 3.04. The van der Waals surface area contributed by atoms with Crippen molar-refractivity contribution in [2.75, 3.05) is 47.8 Å². The highest BCUT2D eigenvalue weighted by Gasteiger charge is 2.30. The van der Waals surface area contributed by atoms with Crippen LogP contribution in [-0.4, -0.2) is 53.6 Å². The maximum Gasteiger partial charge on any atom is 0.322 e. The molecule has 0 spiro atoms. The Morgan fingerprint density at radius 1 is 0.879 bits per heavy atom. The number of piperidine rings is 2. The molecule has 0 radical (unpaired) electrons. The lowest BCUT2D eigenvalue weighted by molar-refractivity contribution is 0.206. The van der Waals surface area contributed by atoms with E-state index in [-0.39, 0.29) is 6.03 Å². The van der Waals surface area contributed by atoms with Crippen molar-refractivity contribution in [2.24, 2.45) is 11.8 Å². The number of fused-ring (bicyclic) bond motifs is 1. The summed E-state index contributed by atoms with van der Waals surface area (Å²) in [4.78, 5) is 29.9. The van der Waals surface area contributed by atoms with Crippen LogP contribution in [0.1, 0.15) is 50.8 Å². The molecule has 0 unspecified atom stereocenters. The summed E-state index contributed by atoms with van der Waals surface area (Å²) in [6.07, 6.45) is 5.55. The summed E-state index contributed by atoms with van der Waals surface area (Å²) in [6, 6.07) is 9.62. The summed E-state index contributed by atoms with van der Waals surface area (Å²) >= 11 is 0. The van der Waals surface area contributed by atoms with Crippen molar-refractivity contribution in [1.82, 2.24) is 14.9 Å². The van der Waals surface area contributed by atoms with Crippen LogP contribution in [0.4, 0.5) is 22.2 Å². The number of nitrogens with one attached hydrogen (secondary N) is 1. The van der Waals surface area contributed by atoms with Crippen molar-refractivity contribution >= 4 is 23.5 Å². The summed E-state index contributed by atoms with van der Waals surface area (Å²) in [6.45, 7) is 10.0. The van der Waals surface area contributed by atoms with E-state index in [2.05, 4.69) is 29.0 Å². The van der Waals surface area contributed by atoms with Crippen LogP contribution in [0.3, 0.4) is 0 Å². The van der Waals surface area contributed by atoms with Gasteiger partial charge in [-0.05, 0) is 49.7 Å². The minimum Gasteiger partial charge on any atom is -0.356 e. The number of hydrogen-bond acceptors (Lipinski definition) is 5. The predicted octanol–water partition coefficient (Wildman–Crippen LogP) is 4.54. The molecule has 2 saturated heterocycles. The molecule has 1 N–H and O–H groups in total. The van der Waals surface area contributed by atoms with E-state index in [1.165, 1.54) is 25.7 Å². The highest BCUT2D eigenvalue weighted by Crippen LogP contribution is 2.32. The first-order valence-electron chi connectivity index (χ1n) is 12.6. The molecule has 2 amide bonds. The molecule has 0 aliphatic carbocycles. The van der Waals surface area contributed by atoms with E-state index < -0.39 is 0 Å². The second kappa shape index (κ2) is 9.57. The number of aromatic nitrogens is 2. The maximum atomic E-state index is 13.0. The average Bonchev–Trinajstić information content (AvgIpc) is 2.84. The van der Waals surface area contributed by atoms with Gasteiger partial charge >= 0.3 is 6.03 Å². The number of hydrogen-bond donors (Lipinski definition) is 1. The number of nitrogens with zero attached hydrogens (tertiary/aromatic N) is 5. The number of para-hydroxylation sites is 1. The first kappa shape index (κ1) is 22.0. The molecule has 1 aromatic carbocycles. The van der Waals surface area contributed by atoms with Gasteiger partial charge in [0, 0.05) is 50.4 Å². The number of anilines is 3. The van der Waals surface area contributed by atoms with Crippen molar-refractivity contribution in [3.05, 3.63) is 41.6 Å². The molecular weight excluding hydrogens is 412 g/mol. The zero-order chi connectivity index (χ0) is 22.8. The summed E-state index contributed by atoms with van der Waals surface area (Å²) in [5.74, 6) is 3.47. The third kappa shape index (κ3) is 4.92. The Kier molecular flexibility index (Phi) is 6.38. The number of carbonyl (C=O) groups excluding carboxylic acids is 1. The van der Waals surface area contributed by atoms with Gasteiger partial charge in [-0.1, -0.05) is 32.0 Å². The number of amides is 2. The topological polar surface area (TPSA) is 64.6 Å². The van der Waals surface area contributed by atoms with E-state index in [4.69, 9.17) is 9.97 Å². The van der Waals surface area contributed by atoms with Gasteiger partial charge in [0.15, 0.2) is 0 Å². The lowest BCUT2D eigenvalue weighted by Gasteiger charge is -2.37. The van der Waals surface area contributed by atoms with Crippen molar-refractivity contribution in [3.8, 4) is 0 Å². The molecule has 4 heterocycles. The molecule has 1 aromatic heterocycles. The first-order valence-corrected chi connectivity index (χ1v) is 12.6.